The highest BCUT2D eigenvalue weighted by molar-refractivity contribution is 6.25. The van der Waals surface area contributed by atoms with E-state index < -0.39 is 0 Å². The third kappa shape index (κ3) is 4.64. The minimum Gasteiger partial charge on any atom is -0.380 e. The van der Waals surface area contributed by atoms with Crippen molar-refractivity contribution in [1.82, 2.24) is 0 Å². The molecule has 0 heterocycles. The summed E-state index contributed by atoms with van der Waals surface area (Å²) in [6.45, 7) is 0.717. The number of rotatable bonds is 5. The lowest BCUT2D eigenvalue weighted by atomic mass is 9.68. The van der Waals surface area contributed by atoms with E-state index in [1.807, 2.05) is 0 Å². The molecule has 3 rings (SSSR count). The lowest BCUT2D eigenvalue weighted by Gasteiger charge is -2.37. The first kappa shape index (κ1) is 18.0. The molecule has 0 unspecified atom stereocenters. The van der Waals surface area contributed by atoms with Crippen LogP contribution in [0.5, 0.6) is 0 Å². The van der Waals surface area contributed by atoms with Gasteiger partial charge in [-0.3, -0.25) is 0 Å². The minimum absolute atomic E-state index is 0.717. The first-order valence-corrected chi connectivity index (χ1v) is 10.1. The Morgan fingerprint density at radius 2 is 1.50 bits per heavy atom. The Bertz CT molecular complexity index is 505. The molecule has 0 aliphatic heterocycles. The molecule has 0 bridgehead atoms. The van der Waals surface area contributed by atoms with E-state index in [9.17, 15) is 0 Å². The summed E-state index contributed by atoms with van der Waals surface area (Å²) in [7, 11) is 1.76. The average Bonchev–Trinajstić information content (AvgIpc) is 2.64. The summed E-state index contributed by atoms with van der Waals surface area (Å²) in [6.07, 6.45) is 13.3. The summed E-state index contributed by atoms with van der Waals surface area (Å²) in [5, 5.41) is 0. The van der Waals surface area contributed by atoms with Crippen LogP contribution in [0.2, 0.25) is 0 Å². The van der Waals surface area contributed by atoms with E-state index in [0.717, 1.165) is 23.7 Å². The van der Waals surface area contributed by atoms with Crippen molar-refractivity contribution in [2.24, 2.45) is 17.8 Å². The van der Waals surface area contributed by atoms with Crippen LogP contribution in [-0.2, 0) is 11.3 Å². The summed E-state index contributed by atoms with van der Waals surface area (Å²) in [5.74, 6) is 3.44. The Morgan fingerprint density at radius 1 is 0.917 bits per heavy atom. The second-order valence-corrected chi connectivity index (χ2v) is 8.03. The number of allylic oxidation sites excluding steroid dienone is 1. The average molecular weight is 347 g/mol. The first-order valence-electron chi connectivity index (χ1n) is 9.64. The van der Waals surface area contributed by atoms with E-state index in [-0.39, 0.29) is 0 Å². The van der Waals surface area contributed by atoms with Gasteiger partial charge in [-0.1, -0.05) is 41.9 Å². The first-order chi connectivity index (χ1) is 11.8. The molecule has 0 radical (unpaired) electrons. The van der Waals surface area contributed by atoms with Gasteiger partial charge in [0.1, 0.15) is 0 Å². The van der Waals surface area contributed by atoms with Gasteiger partial charge in [0.15, 0.2) is 0 Å². The van der Waals surface area contributed by atoms with E-state index in [1.54, 1.807) is 12.6 Å². The van der Waals surface area contributed by atoms with Gasteiger partial charge in [0, 0.05) is 12.6 Å². The molecule has 0 atom stereocenters. The van der Waals surface area contributed by atoms with Gasteiger partial charge in [-0.05, 0) is 86.2 Å². The molecule has 0 N–H and O–H groups in total. The molecule has 1 aromatic carbocycles. The van der Waals surface area contributed by atoms with Crippen LogP contribution in [0.1, 0.15) is 68.4 Å². The van der Waals surface area contributed by atoms with Gasteiger partial charge in [-0.2, -0.15) is 0 Å². The number of hydrogen-bond donors (Lipinski definition) is 0. The van der Waals surface area contributed by atoms with E-state index in [0.29, 0.717) is 6.61 Å². The Labute approximate surface area is 152 Å². The molecule has 132 valence electrons. The van der Waals surface area contributed by atoms with E-state index in [1.165, 1.54) is 62.5 Å². The minimum atomic E-state index is 0.717. The third-order valence-electron chi connectivity index (χ3n) is 6.36. The zero-order chi connectivity index (χ0) is 16.8. The fourth-order valence-electron chi connectivity index (χ4n) is 4.89. The second-order valence-electron chi connectivity index (χ2n) is 7.78. The number of methoxy groups -OCH3 is 1. The molecule has 0 spiro atoms. The molecule has 2 saturated carbocycles. The highest BCUT2D eigenvalue weighted by Gasteiger charge is 2.30. The summed E-state index contributed by atoms with van der Waals surface area (Å²) < 4.78 is 5.21. The smallest absolute Gasteiger partial charge is 0.0713 e. The predicted octanol–water partition coefficient (Wildman–Crippen LogP) is 6.67. The molecular formula is C22H31ClO. The highest BCUT2D eigenvalue weighted by atomic mass is 35.5. The van der Waals surface area contributed by atoms with Crippen LogP contribution in [0.25, 0.3) is 0 Å². The molecule has 2 heteroatoms. The van der Waals surface area contributed by atoms with Gasteiger partial charge < -0.3 is 4.74 Å². The second kappa shape index (κ2) is 9.06. The van der Waals surface area contributed by atoms with Gasteiger partial charge >= 0.3 is 0 Å². The third-order valence-corrected chi connectivity index (χ3v) is 6.51. The molecule has 2 fully saturated rings. The van der Waals surface area contributed by atoms with Crippen molar-refractivity contribution in [2.45, 2.75) is 63.9 Å². The van der Waals surface area contributed by atoms with Crippen LogP contribution < -0.4 is 0 Å². The summed E-state index contributed by atoms with van der Waals surface area (Å²) >= 11 is 5.73. The maximum absolute atomic E-state index is 5.73. The van der Waals surface area contributed by atoms with Crippen molar-refractivity contribution < 1.29 is 4.74 Å². The van der Waals surface area contributed by atoms with E-state index in [4.69, 9.17) is 16.3 Å². The van der Waals surface area contributed by atoms with Crippen LogP contribution in [0.3, 0.4) is 0 Å². The lowest BCUT2D eigenvalue weighted by Crippen LogP contribution is -2.25. The fraction of sp³-hybridized carbons (Fsp3) is 0.636. The number of ether oxygens (including phenoxy) is 1. The van der Waals surface area contributed by atoms with E-state index >= 15 is 0 Å². The summed E-state index contributed by atoms with van der Waals surface area (Å²) in [4.78, 5) is 0. The number of hydrogen-bond acceptors (Lipinski definition) is 1. The number of benzene rings is 1. The molecule has 2 aliphatic carbocycles. The van der Waals surface area contributed by atoms with Crippen LogP contribution in [0.4, 0.5) is 0 Å². The van der Waals surface area contributed by atoms with Crippen LogP contribution in [-0.4, -0.2) is 7.11 Å². The molecule has 1 nitrogen and oxygen atoms in total. The van der Waals surface area contributed by atoms with Gasteiger partial charge in [-0.15, -0.1) is 0 Å². The molecule has 2 aliphatic rings. The Kier molecular flexibility index (Phi) is 6.80. The fourth-order valence-corrected chi connectivity index (χ4v) is 5.09. The molecule has 1 aromatic rings. The lowest BCUT2D eigenvalue weighted by molar-refractivity contribution is 0.171. The van der Waals surface area contributed by atoms with Crippen LogP contribution >= 0.6 is 11.6 Å². The molecule has 24 heavy (non-hydrogen) atoms. The molecule has 0 saturated heterocycles. The monoisotopic (exact) mass is 346 g/mol. The zero-order valence-corrected chi connectivity index (χ0v) is 15.7. The van der Waals surface area contributed by atoms with E-state index in [2.05, 4.69) is 30.3 Å². The molecule has 0 amide bonds. The van der Waals surface area contributed by atoms with Gasteiger partial charge in [0.25, 0.3) is 0 Å². The largest absolute Gasteiger partial charge is 0.380 e. The van der Waals surface area contributed by atoms with Gasteiger partial charge in [0.2, 0.25) is 0 Å². The van der Waals surface area contributed by atoms with Gasteiger partial charge in [0.05, 0.1) is 6.61 Å². The standard InChI is InChI=1S/C22H31ClO/c1-24-16-18-4-8-20(9-5-18)22-12-10-21(11-13-22)19-6-2-17(3-7-19)14-15-23/h4-5,8-9,14-15,17,19,21-22H,2-3,6-7,10-13,16H2,1H3/b15-14+/t17-,19-,21?,22?. The zero-order valence-electron chi connectivity index (χ0n) is 14.9. The van der Waals surface area contributed by atoms with Crippen LogP contribution in [0, 0.1) is 17.8 Å². The van der Waals surface area contributed by atoms with Crippen molar-refractivity contribution >= 4 is 11.6 Å². The number of halogens is 1. The molecular weight excluding hydrogens is 316 g/mol. The quantitative estimate of drug-likeness (QED) is 0.578. The predicted molar refractivity (Wildman–Crippen MR) is 102 cm³/mol. The summed E-state index contributed by atoms with van der Waals surface area (Å²) in [6, 6.07) is 9.11. The molecule has 0 aromatic heterocycles. The Balaban J connectivity index is 1.47. The summed E-state index contributed by atoms with van der Waals surface area (Å²) in [5.41, 5.74) is 4.52. The normalized spacial score (nSPS) is 31.4. The highest BCUT2D eigenvalue weighted by Crippen LogP contribution is 2.44. The van der Waals surface area contributed by atoms with Crippen molar-refractivity contribution in [1.29, 1.82) is 0 Å². The van der Waals surface area contributed by atoms with Crippen molar-refractivity contribution in [3.63, 3.8) is 0 Å². The maximum atomic E-state index is 5.73. The topological polar surface area (TPSA) is 9.23 Å². The van der Waals surface area contributed by atoms with Crippen molar-refractivity contribution in [3.05, 3.63) is 47.0 Å². The SMILES string of the molecule is COCc1ccc(C2CCC([C@H]3CC[C@H](/C=C/Cl)CC3)CC2)cc1. The Hall–Kier alpha value is -0.790. The maximum Gasteiger partial charge on any atom is 0.0713 e. The van der Waals surface area contributed by atoms with Crippen LogP contribution in [0.15, 0.2) is 35.9 Å². The van der Waals surface area contributed by atoms with Crippen molar-refractivity contribution in [2.75, 3.05) is 7.11 Å². The van der Waals surface area contributed by atoms with Gasteiger partial charge in [-0.25, -0.2) is 0 Å². The van der Waals surface area contributed by atoms with Crippen molar-refractivity contribution in [3.8, 4) is 0 Å². The Morgan fingerprint density at radius 3 is 2.04 bits per heavy atom.